The summed E-state index contributed by atoms with van der Waals surface area (Å²) in [5.74, 6) is -0.178. The van der Waals surface area contributed by atoms with Gasteiger partial charge in [0.15, 0.2) is 19.0 Å². The normalized spacial score (nSPS) is 10.8. The maximum absolute atomic E-state index is 11.9. The van der Waals surface area contributed by atoms with Crippen LogP contribution in [0.4, 0.5) is 5.69 Å². The Labute approximate surface area is 173 Å². The standard InChI is InChI=1S/C20H22N4O6/c1-14(15-8-10-16(11-9-15)29-13-20(26)23(2)3)21-22-19(25)12-30-18-7-5-4-6-17(18)24(27)28/h4-11H,12-13H2,1-3H3,(H,22,25)/b21-14-. The van der Waals surface area contributed by atoms with Crippen molar-refractivity contribution in [2.45, 2.75) is 6.92 Å². The third-order valence-electron chi connectivity index (χ3n) is 3.90. The molecule has 1 N–H and O–H groups in total. The summed E-state index contributed by atoms with van der Waals surface area (Å²) in [5, 5.41) is 14.9. The summed E-state index contributed by atoms with van der Waals surface area (Å²) in [4.78, 5) is 35.3. The second-order valence-electron chi connectivity index (χ2n) is 6.35. The molecule has 0 spiro atoms. The number of hydrogen-bond donors (Lipinski definition) is 1. The van der Waals surface area contributed by atoms with Crippen molar-refractivity contribution < 1.29 is 24.0 Å². The van der Waals surface area contributed by atoms with Crippen LogP contribution in [0.2, 0.25) is 0 Å². The van der Waals surface area contributed by atoms with Crippen LogP contribution in [0.25, 0.3) is 0 Å². The van der Waals surface area contributed by atoms with Gasteiger partial charge in [0.2, 0.25) is 0 Å². The van der Waals surface area contributed by atoms with E-state index in [2.05, 4.69) is 10.5 Å². The molecule has 0 atom stereocenters. The molecule has 10 nitrogen and oxygen atoms in total. The maximum Gasteiger partial charge on any atom is 0.310 e. The van der Waals surface area contributed by atoms with Crippen LogP contribution in [-0.4, -0.2) is 54.7 Å². The van der Waals surface area contributed by atoms with Crippen LogP contribution >= 0.6 is 0 Å². The van der Waals surface area contributed by atoms with Gasteiger partial charge in [-0.15, -0.1) is 0 Å². The highest BCUT2D eigenvalue weighted by atomic mass is 16.6. The minimum atomic E-state index is -0.584. The molecule has 0 saturated carbocycles. The molecule has 0 aliphatic heterocycles. The van der Waals surface area contributed by atoms with Crippen molar-refractivity contribution in [3.63, 3.8) is 0 Å². The topological polar surface area (TPSA) is 123 Å². The summed E-state index contributed by atoms with van der Waals surface area (Å²) < 4.78 is 10.6. The first-order valence-corrected chi connectivity index (χ1v) is 8.90. The minimum Gasteiger partial charge on any atom is -0.484 e. The van der Waals surface area contributed by atoms with Gasteiger partial charge in [-0.05, 0) is 42.8 Å². The van der Waals surface area contributed by atoms with Gasteiger partial charge in [-0.25, -0.2) is 5.43 Å². The number of nitrogens with one attached hydrogen (secondary N) is 1. The van der Waals surface area contributed by atoms with E-state index < -0.39 is 17.4 Å². The Balaban J connectivity index is 1.88. The van der Waals surface area contributed by atoms with E-state index in [1.165, 1.54) is 23.1 Å². The first kappa shape index (κ1) is 22.3. The van der Waals surface area contributed by atoms with E-state index in [1.807, 2.05) is 0 Å². The van der Waals surface area contributed by atoms with Crippen LogP contribution < -0.4 is 14.9 Å². The Morgan fingerprint density at radius 2 is 1.73 bits per heavy atom. The number of carbonyl (C=O) groups is 2. The van der Waals surface area contributed by atoms with Gasteiger partial charge in [-0.1, -0.05) is 12.1 Å². The zero-order chi connectivity index (χ0) is 22.1. The number of nitrogens with zero attached hydrogens (tertiary/aromatic N) is 3. The molecular formula is C20H22N4O6. The van der Waals surface area contributed by atoms with E-state index in [-0.39, 0.29) is 24.0 Å². The first-order valence-electron chi connectivity index (χ1n) is 8.90. The Hall–Kier alpha value is -3.95. The van der Waals surface area contributed by atoms with Gasteiger partial charge in [0.05, 0.1) is 10.6 Å². The second-order valence-corrected chi connectivity index (χ2v) is 6.35. The van der Waals surface area contributed by atoms with Crippen molar-refractivity contribution in [1.82, 2.24) is 10.3 Å². The van der Waals surface area contributed by atoms with Crippen LogP contribution in [-0.2, 0) is 9.59 Å². The fraction of sp³-hybridized carbons (Fsp3) is 0.250. The summed E-state index contributed by atoms with van der Waals surface area (Å²) in [7, 11) is 3.30. The van der Waals surface area contributed by atoms with Crippen molar-refractivity contribution in [2.24, 2.45) is 5.10 Å². The molecule has 10 heteroatoms. The molecular weight excluding hydrogens is 392 g/mol. The zero-order valence-corrected chi connectivity index (χ0v) is 16.8. The Bertz CT molecular complexity index is 941. The summed E-state index contributed by atoms with van der Waals surface area (Å²) in [5.41, 5.74) is 3.39. The lowest BCUT2D eigenvalue weighted by Crippen LogP contribution is -2.27. The van der Waals surface area contributed by atoms with Crippen LogP contribution in [0.15, 0.2) is 53.6 Å². The number of nitro benzene ring substituents is 1. The Morgan fingerprint density at radius 1 is 1.07 bits per heavy atom. The van der Waals surface area contributed by atoms with Crippen molar-refractivity contribution in [3.05, 3.63) is 64.2 Å². The van der Waals surface area contributed by atoms with Crippen LogP contribution in [0.1, 0.15) is 12.5 Å². The van der Waals surface area contributed by atoms with Gasteiger partial charge in [0.25, 0.3) is 11.8 Å². The number of nitro groups is 1. The van der Waals surface area contributed by atoms with Gasteiger partial charge < -0.3 is 14.4 Å². The fourth-order valence-electron chi connectivity index (χ4n) is 2.18. The van der Waals surface area contributed by atoms with Crippen LogP contribution in [0, 0.1) is 10.1 Å². The van der Waals surface area contributed by atoms with Gasteiger partial charge in [0, 0.05) is 20.2 Å². The number of carbonyl (C=O) groups excluding carboxylic acids is 2. The highest BCUT2D eigenvalue weighted by molar-refractivity contribution is 5.99. The van der Waals surface area contributed by atoms with Crippen molar-refractivity contribution in [3.8, 4) is 11.5 Å². The summed E-state index contributed by atoms with van der Waals surface area (Å²) in [6.07, 6.45) is 0. The number of rotatable bonds is 9. The third-order valence-corrected chi connectivity index (χ3v) is 3.90. The number of hydrazone groups is 1. The molecule has 2 aromatic rings. The molecule has 2 aromatic carbocycles. The zero-order valence-electron chi connectivity index (χ0n) is 16.8. The number of hydrogen-bond acceptors (Lipinski definition) is 7. The summed E-state index contributed by atoms with van der Waals surface area (Å²) in [6.45, 7) is 1.22. The van der Waals surface area contributed by atoms with E-state index in [9.17, 15) is 19.7 Å². The summed E-state index contributed by atoms with van der Waals surface area (Å²) in [6, 6.07) is 12.7. The van der Waals surface area contributed by atoms with Crippen molar-refractivity contribution >= 4 is 23.2 Å². The molecule has 158 valence electrons. The van der Waals surface area contributed by atoms with E-state index >= 15 is 0 Å². The molecule has 0 aromatic heterocycles. The lowest BCUT2D eigenvalue weighted by Gasteiger charge is -2.11. The van der Waals surface area contributed by atoms with Gasteiger partial charge in [-0.3, -0.25) is 19.7 Å². The highest BCUT2D eigenvalue weighted by Gasteiger charge is 2.14. The van der Waals surface area contributed by atoms with Crippen molar-refractivity contribution in [2.75, 3.05) is 27.3 Å². The molecule has 0 aliphatic carbocycles. The number of amides is 2. The SMILES string of the molecule is C/C(=N/NC(=O)COc1ccccc1[N+](=O)[O-])c1ccc(OCC(=O)N(C)C)cc1. The van der Waals surface area contributed by atoms with Gasteiger partial charge >= 0.3 is 5.69 Å². The average Bonchev–Trinajstić information content (AvgIpc) is 2.74. The molecule has 0 heterocycles. The molecule has 0 aliphatic rings. The molecule has 30 heavy (non-hydrogen) atoms. The molecule has 0 bridgehead atoms. The molecule has 2 amide bonds. The largest absolute Gasteiger partial charge is 0.484 e. The highest BCUT2D eigenvalue weighted by Crippen LogP contribution is 2.25. The van der Waals surface area contributed by atoms with Gasteiger partial charge in [0.1, 0.15) is 5.75 Å². The van der Waals surface area contributed by atoms with E-state index in [0.29, 0.717) is 11.5 Å². The van der Waals surface area contributed by atoms with E-state index in [0.717, 1.165) is 5.56 Å². The minimum absolute atomic E-state index is 0.00156. The fourth-order valence-corrected chi connectivity index (χ4v) is 2.18. The van der Waals surface area contributed by atoms with Crippen LogP contribution in [0.3, 0.4) is 0 Å². The summed E-state index contributed by atoms with van der Waals surface area (Å²) >= 11 is 0. The third kappa shape index (κ3) is 6.59. The monoisotopic (exact) mass is 414 g/mol. The van der Waals surface area contributed by atoms with E-state index in [1.54, 1.807) is 51.4 Å². The Morgan fingerprint density at radius 3 is 2.37 bits per heavy atom. The van der Waals surface area contributed by atoms with Gasteiger partial charge in [-0.2, -0.15) is 5.10 Å². The number of likely N-dealkylation sites (N-methyl/N-ethyl adjacent to an activating group) is 1. The predicted octanol–water partition coefficient (Wildman–Crippen LogP) is 1.98. The first-order chi connectivity index (χ1) is 14.3. The Kier molecular flexibility index (Phi) is 7.86. The predicted molar refractivity (Wildman–Crippen MR) is 110 cm³/mol. The van der Waals surface area contributed by atoms with E-state index in [4.69, 9.17) is 9.47 Å². The molecule has 0 radical (unpaired) electrons. The average molecular weight is 414 g/mol. The number of ether oxygens (including phenoxy) is 2. The maximum atomic E-state index is 11.9. The number of para-hydroxylation sites is 2. The van der Waals surface area contributed by atoms with Crippen molar-refractivity contribution in [1.29, 1.82) is 0 Å². The number of benzene rings is 2. The molecule has 0 fully saturated rings. The lowest BCUT2D eigenvalue weighted by atomic mass is 10.1. The molecule has 0 saturated heterocycles. The quantitative estimate of drug-likeness (QED) is 0.380. The van der Waals surface area contributed by atoms with Crippen LogP contribution in [0.5, 0.6) is 11.5 Å². The molecule has 2 rings (SSSR count). The molecule has 0 unspecified atom stereocenters. The lowest BCUT2D eigenvalue weighted by molar-refractivity contribution is -0.385. The smallest absolute Gasteiger partial charge is 0.310 e. The second kappa shape index (κ2) is 10.6.